The summed E-state index contributed by atoms with van der Waals surface area (Å²) in [4.78, 5) is 17.6. The van der Waals surface area contributed by atoms with Gasteiger partial charge in [0, 0.05) is 60.0 Å². The molecule has 31 heavy (non-hydrogen) atoms. The summed E-state index contributed by atoms with van der Waals surface area (Å²) in [5, 5.41) is 12.8. The Kier molecular flexibility index (Phi) is 4.92. The third-order valence-electron chi connectivity index (χ3n) is 5.23. The fourth-order valence-corrected chi connectivity index (χ4v) is 3.72. The van der Waals surface area contributed by atoms with Crippen molar-refractivity contribution in [1.29, 1.82) is 0 Å². The van der Waals surface area contributed by atoms with Crippen LogP contribution in [0.3, 0.4) is 0 Å². The van der Waals surface area contributed by atoms with Gasteiger partial charge >= 0.3 is 6.01 Å². The van der Waals surface area contributed by atoms with E-state index in [0.29, 0.717) is 31.0 Å². The first-order valence-electron chi connectivity index (χ1n) is 10.2. The molecule has 7 heteroatoms. The number of nitrogens with zero attached hydrogens (tertiary/aromatic N) is 5. The predicted molar refractivity (Wildman–Crippen MR) is 119 cm³/mol. The van der Waals surface area contributed by atoms with Gasteiger partial charge in [0.15, 0.2) is 0 Å². The van der Waals surface area contributed by atoms with Crippen molar-refractivity contribution in [3.63, 3.8) is 0 Å². The Morgan fingerprint density at radius 3 is 2.65 bits per heavy atom. The molecule has 4 aromatic heterocycles. The van der Waals surface area contributed by atoms with E-state index in [9.17, 15) is 5.11 Å². The van der Waals surface area contributed by atoms with Crippen LogP contribution in [0.15, 0.2) is 67.3 Å². The maximum absolute atomic E-state index is 11.0. The molecule has 0 aliphatic carbocycles. The highest BCUT2D eigenvalue weighted by Crippen LogP contribution is 2.35. The summed E-state index contributed by atoms with van der Waals surface area (Å²) < 4.78 is 7.13. The molecule has 0 aliphatic heterocycles. The van der Waals surface area contributed by atoms with E-state index in [4.69, 9.17) is 9.72 Å². The van der Waals surface area contributed by atoms with Gasteiger partial charge in [-0.1, -0.05) is 24.3 Å². The van der Waals surface area contributed by atoms with Crippen LogP contribution in [-0.4, -0.2) is 36.2 Å². The van der Waals surface area contributed by atoms with Crippen molar-refractivity contribution in [3.8, 4) is 23.0 Å². The number of ether oxygens (including phenoxy) is 1. The van der Waals surface area contributed by atoms with Crippen molar-refractivity contribution in [2.75, 3.05) is 6.61 Å². The molecule has 5 aromatic rings. The number of hydrogen-bond donors (Lipinski definition) is 1. The summed E-state index contributed by atoms with van der Waals surface area (Å²) in [5.41, 5.74) is 4.29. The second-order valence-electron chi connectivity index (χ2n) is 7.20. The highest BCUT2D eigenvalue weighted by atomic mass is 16.5. The fourth-order valence-electron chi connectivity index (χ4n) is 3.72. The van der Waals surface area contributed by atoms with E-state index in [2.05, 4.69) is 27.1 Å². The van der Waals surface area contributed by atoms with Crippen LogP contribution < -0.4 is 4.74 Å². The lowest BCUT2D eigenvalue weighted by Crippen LogP contribution is -2.01. The zero-order valence-electron chi connectivity index (χ0n) is 17.1. The molecule has 0 aliphatic rings. The van der Waals surface area contributed by atoms with Crippen LogP contribution >= 0.6 is 0 Å². The average molecular weight is 411 g/mol. The first-order valence-corrected chi connectivity index (χ1v) is 10.2. The molecule has 5 rings (SSSR count). The van der Waals surface area contributed by atoms with Crippen LogP contribution in [0.1, 0.15) is 12.6 Å². The van der Waals surface area contributed by atoms with Crippen LogP contribution in [-0.2, 0) is 13.0 Å². The van der Waals surface area contributed by atoms with Gasteiger partial charge < -0.3 is 14.4 Å². The summed E-state index contributed by atoms with van der Waals surface area (Å²) in [6, 6.07) is 14.4. The highest BCUT2D eigenvalue weighted by Gasteiger charge is 2.15. The van der Waals surface area contributed by atoms with Crippen LogP contribution in [0.25, 0.3) is 32.9 Å². The summed E-state index contributed by atoms with van der Waals surface area (Å²) in [5.74, 6) is 0.174. The minimum atomic E-state index is 0.174. The summed E-state index contributed by atoms with van der Waals surface area (Å²) in [7, 11) is 0. The van der Waals surface area contributed by atoms with Gasteiger partial charge in [-0.15, -0.1) is 0 Å². The summed E-state index contributed by atoms with van der Waals surface area (Å²) >= 11 is 0. The monoisotopic (exact) mass is 411 g/mol. The maximum Gasteiger partial charge on any atom is 0.316 e. The van der Waals surface area contributed by atoms with E-state index in [1.165, 1.54) is 0 Å². The SMILES string of the molecule is CCOc1ncc(-c2ccnc3cn(CCc4ccc5ccccc5n4)c(O)c23)cn1. The van der Waals surface area contributed by atoms with Crippen molar-refractivity contribution in [2.45, 2.75) is 19.9 Å². The number of rotatable bonds is 6. The third kappa shape index (κ3) is 3.66. The lowest BCUT2D eigenvalue weighted by atomic mass is 10.1. The molecule has 154 valence electrons. The summed E-state index contributed by atoms with van der Waals surface area (Å²) in [6.07, 6.45) is 7.68. The smallest absolute Gasteiger partial charge is 0.316 e. The highest BCUT2D eigenvalue weighted by molar-refractivity contribution is 5.98. The largest absolute Gasteiger partial charge is 0.494 e. The lowest BCUT2D eigenvalue weighted by molar-refractivity contribution is 0.312. The van der Waals surface area contributed by atoms with Gasteiger partial charge in [-0.05, 0) is 25.1 Å². The first-order chi connectivity index (χ1) is 15.2. The molecule has 1 aromatic carbocycles. The molecular formula is C24H21N5O2. The number of aryl methyl sites for hydroxylation is 2. The number of aromatic nitrogens is 5. The molecule has 0 saturated heterocycles. The van der Waals surface area contributed by atoms with Crippen molar-refractivity contribution < 1.29 is 9.84 Å². The molecule has 7 nitrogen and oxygen atoms in total. The second-order valence-corrected chi connectivity index (χ2v) is 7.20. The summed E-state index contributed by atoms with van der Waals surface area (Å²) in [6.45, 7) is 2.99. The number of aromatic hydroxyl groups is 1. The van der Waals surface area contributed by atoms with Gasteiger partial charge in [0.1, 0.15) is 0 Å². The Hall–Kier alpha value is -4.00. The molecular weight excluding hydrogens is 390 g/mol. The molecule has 4 heterocycles. The van der Waals surface area contributed by atoms with Crippen LogP contribution in [0.4, 0.5) is 0 Å². The van der Waals surface area contributed by atoms with E-state index in [0.717, 1.165) is 33.2 Å². The number of fused-ring (bicyclic) bond motifs is 2. The van der Waals surface area contributed by atoms with Gasteiger partial charge in [-0.2, -0.15) is 0 Å². The Bertz CT molecular complexity index is 1360. The van der Waals surface area contributed by atoms with Crippen molar-refractivity contribution >= 4 is 21.8 Å². The zero-order valence-corrected chi connectivity index (χ0v) is 17.1. The zero-order chi connectivity index (χ0) is 21.2. The van der Waals surface area contributed by atoms with Gasteiger partial charge in [0.2, 0.25) is 5.88 Å². The van der Waals surface area contributed by atoms with Gasteiger partial charge in [0.25, 0.3) is 0 Å². The number of benzene rings is 1. The van der Waals surface area contributed by atoms with Crippen molar-refractivity contribution in [2.24, 2.45) is 0 Å². The van der Waals surface area contributed by atoms with Crippen LogP contribution in [0, 0.1) is 0 Å². The maximum atomic E-state index is 11.0. The third-order valence-corrected chi connectivity index (χ3v) is 5.23. The standard InChI is InChI=1S/C24H21N5O2/c1-2-31-24-26-13-17(14-27-24)19-9-11-25-21-15-29(23(30)22(19)21)12-10-18-8-7-16-5-3-4-6-20(16)28-18/h3-9,11,13-15,30H,2,10,12H2,1H3. The van der Waals surface area contributed by atoms with E-state index in [1.54, 1.807) is 18.6 Å². The van der Waals surface area contributed by atoms with Crippen molar-refractivity contribution in [3.05, 3.63) is 72.9 Å². The Balaban J connectivity index is 1.44. The van der Waals surface area contributed by atoms with Crippen LogP contribution in [0.5, 0.6) is 11.9 Å². The van der Waals surface area contributed by atoms with Crippen molar-refractivity contribution in [1.82, 2.24) is 24.5 Å². The minimum Gasteiger partial charge on any atom is -0.494 e. The minimum absolute atomic E-state index is 0.174. The molecule has 0 spiro atoms. The molecule has 0 saturated carbocycles. The van der Waals surface area contributed by atoms with Crippen LogP contribution in [0.2, 0.25) is 0 Å². The van der Waals surface area contributed by atoms with E-state index < -0.39 is 0 Å². The molecule has 0 fully saturated rings. The normalized spacial score (nSPS) is 11.3. The molecule has 0 radical (unpaired) electrons. The number of hydrogen-bond acceptors (Lipinski definition) is 6. The number of pyridine rings is 2. The predicted octanol–water partition coefficient (Wildman–Crippen LogP) is 4.39. The average Bonchev–Trinajstić information content (AvgIpc) is 3.14. The van der Waals surface area contributed by atoms with E-state index in [-0.39, 0.29) is 5.88 Å². The van der Waals surface area contributed by atoms with Gasteiger partial charge in [-0.25, -0.2) is 9.97 Å². The van der Waals surface area contributed by atoms with Gasteiger partial charge in [0.05, 0.1) is 23.0 Å². The molecule has 0 amide bonds. The topological polar surface area (TPSA) is 86.0 Å². The van der Waals surface area contributed by atoms with E-state index >= 15 is 0 Å². The molecule has 1 N–H and O–H groups in total. The quantitative estimate of drug-likeness (QED) is 0.446. The van der Waals surface area contributed by atoms with Gasteiger partial charge in [-0.3, -0.25) is 9.97 Å². The lowest BCUT2D eigenvalue weighted by Gasteiger charge is -2.07. The molecule has 0 unspecified atom stereocenters. The Labute approximate surface area is 179 Å². The van der Waals surface area contributed by atoms with E-state index in [1.807, 2.05) is 48.0 Å². The second kappa shape index (κ2) is 8.02. The molecule has 0 atom stereocenters. The first kappa shape index (κ1) is 19.0. The number of para-hydroxylation sites is 1. The Morgan fingerprint density at radius 1 is 0.968 bits per heavy atom. The Morgan fingerprint density at radius 2 is 1.81 bits per heavy atom. The fraction of sp³-hybridized carbons (Fsp3) is 0.167. The molecule has 0 bridgehead atoms.